The molecular formula is C11H13BrN2OS. The van der Waals surface area contributed by atoms with E-state index < -0.39 is 0 Å². The second-order valence-corrected chi connectivity index (χ2v) is 5.70. The maximum Gasteiger partial charge on any atom is 0.237 e. The van der Waals surface area contributed by atoms with E-state index in [9.17, 15) is 4.79 Å². The molecule has 0 spiro atoms. The van der Waals surface area contributed by atoms with Gasteiger partial charge in [0.1, 0.15) is 0 Å². The van der Waals surface area contributed by atoms with Crippen molar-refractivity contribution < 1.29 is 4.79 Å². The fraction of sp³-hybridized carbons (Fsp3) is 0.364. The number of halogens is 1. The van der Waals surface area contributed by atoms with Gasteiger partial charge in [-0.25, -0.2) is 0 Å². The monoisotopic (exact) mass is 300 g/mol. The Hall–Kier alpha value is -0.520. The minimum absolute atomic E-state index is 0.00856. The highest BCUT2D eigenvalue weighted by atomic mass is 79.9. The SMILES string of the molecule is CNCCC1Sc2cccc(Br)c2NC1=O. The zero-order valence-electron chi connectivity index (χ0n) is 8.92. The van der Waals surface area contributed by atoms with Crippen LogP contribution in [0.15, 0.2) is 27.6 Å². The smallest absolute Gasteiger partial charge is 0.237 e. The van der Waals surface area contributed by atoms with Crippen molar-refractivity contribution in [2.24, 2.45) is 0 Å². The van der Waals surface area contributed by atoms with Gasteiger partial charge in [0.25, 0.3) is 0 Å². The number of thioether (sulfide) groups is 1. The predicted molar refractivity (Wildman–Crippen MR) is 71.0 cm³/mol. The van der Waals surface area contributed by atoms with E-state index >= 15 is 0 Å². The topological polar surface area (TPSA) is 41.1 Å². The molecule has 1 unspecified atom stereocenters. The maximum atomic E-state index is 11.8. The lowest BCUT2D eigenvalue weighted by Crippen LogP contribution is -2.31. The third-order valence-electron chi connectivity index (χ3n) is 2.44. The van der Waals surface area contributed by atoms with Crippen LogP contribution in [0.1, 0.15) is 6.42 Å². The van der Waals surface area contributed by atoms with E-state index in [1.807, 2.05) is 25.2 Å². The van der Waals surface area contributed by atoms with E-state index in [1.165, 1.54) is 0 Å². The highest BCUT2D eigenvalue weighted by Crippen LogP contribution is 2.40. The maximum absolute atomic E-state index is 11.8. The van der Waals surface area contributed by atoms with Gasteiger partial charge < -0.3 is 10.6 Å². The van der Waals surface area contributed by atoms with E-state index in [1.54, 1.807) is 11.8 Å². The third kappa shape index (κ3) is 2.42. The average molecular weight is 301 g/mol. The van der Waals surface area contributed by atoms with Gasteiger partial charge in [-0.05, 0) is 48.1 Å². The summed E-state index contributed by atoms with van der Waals surface area (Å²) < 4.78 is 0.943. The summed E-state index contributed by atoms with van der Waals surface area (Å²) in [6.45, 7) is 0.856. The van der Waals surface area contributed by atoms with Crippen LogP contribution in [0.5, 0.6) is 0 Å². The number of amides is 1. The van der Waals surface area contributed by atoms with Gasteiger partial charge in [-0.1, -0.05) is 6.07 Å². The van der Waals surface area contributed by atoms with Gasteiger partial charge in [0, 0.05) is 9.37 Å². The summed E-state index contributed by atoms with van der Waals surface area (Å²) in [7, 11) is 1.90. The Balaban J connectivity index is 2.19. The molecule has 1 aromatic rings. The number of hydrogen-bond acceptors (Lipinski definition) is 3. The molecule has 2 rings (SSSR count). The second kappa shape index (κ2) is 5.21. The van der Waals surface area contributed by atoms with Crippen molar-refractivity contribution >= 4 is 39.3 Å². The zero-order valence-corrected chi connectivity index (χ0v) is 11.3. The lowest BCUT2D eigenvalue weighted by Gasteiger charge is -2.24. The molecule has 2 N–H and O–H groups in total. The van der Waals surface area contributed by atoms with E-state index in [4.69, 9.17) is 0 Å². The third-order valence-corrected chi connectivity index (χ3v) is 4.43. The lowest BCUT2D eigenvalue weighted by molar-refractivity contribution is -0.115. The number of fused-ring (bicyclic) bond motifs is 1. The zero-order chi connectivity index (χ0) is 11.5. The summed E-state index contributed by atoms with van der Waals surface area (Å²) in [5.41, 5.74) is 0.901. The highest BCUT2D eigenvalue weighted by molar-refractivity contribution is 9.10. The minimum Gasteiger partial charge on any atom is -0.323 e. The van der Waals surface area contributed by atoms with Gasteiger partial charge >= 0.3 is 0 Å². The first-order valence-electron chi connectivity index (χ1n) is 5.13. The van der Waals surface area contributed by atoms with Crippen LogP contribution in [0.4, 0.5) is 5.69 Å². The van der Waals surface area contributed by atoms with Crippen LogP contribution >= 0.6 is 27.7 Å². The highest BCUT2D eigenvalue weighted by Gasteiger charge is 2.27. The van der Waals surface area contributed by atoms with Crippen molar-refractivity contribution in [3.63, 3.8) is 0 Å². The molecule has 86 valence electrons. The van der Waals surface area contributed by atoms with Crippen molar-refractivity contribution in [3.05, 3.63) is 22.7 Å². The van der Waals surface area contributed by atoms with E-state index in [2.05, 4.69) is 26.6 Å². The summed E-state index contributed by atoms with van der Waals surface area (Å²) in [5, 5.41) is 6.03. The molecule has 1 heterocycles. The Morgan fingerprint density at radius 2 is 2.38 bits per heavy atom. The quantitative estimate of drug-likeness (QED) is 0.901. The Morgan fingerprint density at radius 1 is 1.56 bits per heavy atom. The molecule has 1 atom stereocenters. The molecule has 5 heteroatoms. The van der Waals surface area contributed by atoms with Crippen molar-refractivity contribution in [2.75, 3.05) is 18.9 Å². The molecule has 0 aliphatic carbocycles. The number of carbonyl (C=O) groups is 1. The fourth-order valence-electron chi connectivity index (χ4n) is 1.60. The molecule has 0 aromatic heterocycles. The summed E-state index contributed by atoms with van der Waals surface area (Å²) >= 11 is 5.08. The molecule has 1 aliphatic rings. The Kier molecular flexibility index (Phi) is 3.89. The number of rotatable bonds is 3. The first-order chi connectivity index (χ1) is 7.72. The summed E-state index contributed by atoms with van der Waals surface area (Å²) in [5.74, 6) is 0.0969. The van der Waals surface area contributed by atoms with Crippen LogP contribution < -0.4 is 10.6 Å². The summed E-state index contributed by atoms with van der Waals surface area (Å²) in [6.07, 6.45) is 0.846. The molecular weight excluding hydrogens is 288 g/mol. The van der Waals surface area contributed by atoms with Gasteiger partial charge in [0.15, 0.2) is 0 Å². The summed E-state index contributed by atoms with van der Waals surface area (Å²) in [6, 6.07) is 5.96. The van der Waals surface area contributed by atoms with E-state index in [0.29, 0.717) is 0 Å². The standard InChI is InChI=1S/C11H13BrN2OS/c1-13-6-5-9-11(15)14-10-7(12)3-2-4-8(10)16-9/h2-4,9,13H,5-6H2,1H3,(H,14,15). The van der Waals surface area contributed by atoms with Crippen LogP contribution in [0.3, 0.4) is 0 Å². The molecule has 0 saturated heterocycles. The molecule has 0 fully saturated rings. The average Bonchev–Trinajstić information content (AvgIpc) is 2.28. The first-order valence-corrected chi connectivity index (χ1v) is 6.80. The van der Waals surface area contributed by atoms with Crippen LogP contribution in [0.25, 0.3) is 0 Å². The molecule has 1 amide bonds. The number of carbonyl (C=O) groups excluding carboxylic acids is 1. The normalized spacial score (nSPS) is 19.1. The van der Waals surface area contributed by atoms with Crippen molar-refractivity contribution in [1.82, 2.24) is 5.32 Å². The van der Waals surface area contributed by atoms with Crippen LogP contribution in [0, 0.1) is 0 Å². The van der Waals surface area contributed by atoms with Crippen LogP contribution in [-0.2, 0) is 4.79 Å². The van der Waals surface area contributed by atoms with Gasteiger partial charge in [-0.3, -0.25) is 4.79 Å². The van der Waals surface area contributed by atoms with Gasteiger partial charge in [-0.15, -0.1) is 11.8 Å². The minimum atomic E-state index is 0.00856. The van der Waals surface area contributed by atoms with Gasteiger partial charge in [0.2, 0.25) is 5.91 Å². The number of nitrogens with one attached hydrogen (secondary N) is 2. The second-order valence-electron chi connectivity index (χ2n) is 3.60. The van der Waals surface area contributed by atoms with Crippen LogP contribution in [-0.4, -0.2) is 24.7 Å². The molecule has 1 aliphatic heterocycles. The number of benzene rings is 1. The van der Waals surface area contributed by atoms with E-state index in [0.717, 1.165) is 28.0 Å². The molecule has 0 saturated carbocycles. The molecule has 3 nitrogen and oxygen atoms in total. The first kappa shape index (κ1) is 12.0. The predicted octanol–water partition coefficient (Wildman–Crippen LogP) is 2.47. The van der Waals surface area contributed by atoms with Crippen LogP contribution in [0.2, 0.25) is 0 Å². The number of anilines is 1. The Morgan fingerprint density at radius 3 is 3.12 bits per heavy atom. The van der Waals surface area contributed by atoms with Gasteiger partial charge in [-0.2, -0.15) is 0 Å². The molecule has 0 bridgehead atoms. The van der Waals surface area contributed by atoms with Crippen molar-refractivity contribution in [2.45, 2.75) is 16.6 Å². The molecule has 0 radical (unpaired) electrons. The van der Waals surface area contributed by atoms with Crippen molar-refractivity contribution in [1.29, 1.82) is 0 Å². The molecule has 1 aromatic carbocycles. The van der Waals surface area contributed by atoms with E-state index in [-0.39, 0.29) is 11.2 Å². The Bertz CT molecular complexity index is 411. The number of para-hydroxylation sites is 1. The largest absolute Gasteiger partial charge is 0.323 e. The fourth-order valence-corrected chi connectivity index (χ4v) is 3.34. The Labute approximate surface area is 108 Å². The molecule has 16 heavy (non-hydrogen) atoms. The van der Waals surface area contributed by atoms with Gasteiger partial charge in [0.05, 0.1) is 10.9 Å². The lowest BCUT2D eigenvalue weighted by atomic mass is 10.2. The number of hydrogen-bond donors (Lipinski definition) is 2. The van der Waals surface area contributed by atoms with Crippen molar-refractivity contribution in [3.8, 4) is 0 Å². The summed E-state index contributed by atoms with van der Waals surface area (Å²) in [4.78, 5) is 13.0.